The molecule has 1 amide bonds. The first-order valence-corrected chi connectivity index (χ1v) is 10.1. The van der Waals surface area contributed by atoms with Crippen molar-refractivity contribution < 1.29 is 4.79 Å². The molecule has 0 bridgehead atoms. The predicted molar refractivity (Wildman–Crippen MR) is 106 cm³/mol. The van der Waals surface area contributed by atoms with Crippen LogP contribution in [0.15, 0.2) is 34.6 Å². The van der Waals surface area contributed by atoms with Gasteiger partial charge in [0.25, 0.3) is 0 Å². The molecule has 142 valence electrons. The molecule has 0 spiro atoms. The minimum atomic E-state index is 0.0890. The molecule has 1 aliphatic carbocycles. The lowest BCUT2D eigenvalue weighted by Crippen LogP contribution is -2.45. The van der Waals surface area contributed by atoms with Crippen molar-refractivity contribution in [1.82, 2.24) is 19.9 Å². The number of anilines is 2. The molecule has 1 saturated carbocycles. The first-order valence-electron chi connectivity index (χ1n) is 9.29. The molecule has 0 aromatic carbocycles. The monoisotopic (exact) mass is 384 g/mol. The van der Waals surface area contributed by atoms with Gasteiger partial charge in [-0.05, 0) is 32.9 Å². The molecule has 2 fully saturated rings. The van der Waals surface area contributed by atoms with Gasteiger partial charge >= 0.3 is 0 Å². The SMILES string of the molecule is Cc1nc(Sc2cncc(NC(=O)C3CC3)c2)cnc1N1CCN(C)CC1. The zero-order chi connectivity index (χ0) is 18.8. The number of hydrogen-bond donors (Lipinski definition) is 1. The molecule has 1 aliphatic heterocycles. The van der Waals surface area contributed by atoms with E-state index in [0.717, 1.165) is 66.1 Å². The van der Waals surface area contributed by atoms with Crippen molar-refractivity contribution in [2.45, 2.75) is 29.7 Å². The van der Waals surface area contributed by atoms with Crippen molar-refractivity contribution >= 4 is 29.2 Å². The largest absolute Gasteiger partial charge is 0.353 e. The Morgan fingerprint density at radius 1 is 1.19 bits per heavy atom. The fraction of sp³-hybridized carbons (Fsp3) is 0.474. The lowest BCUT2D eigenvalue weighted by Gasteiger charge is -2.33. The zero-order valence-electron chi connectivity index (χ0n) is 15.7. The Labute approximate surface area is 163 Å². The van der Waals surface area contributed by atoms with Gasteiger partial charge in [0.1, 0.15) is 10.8 Å². The number of piperazine rings is 1. The highest BCUT2D eigenvalue weighted by molar-refractivity contribution is 7.99. The molecule has 4 rings (SSSR count). The minimum absolute atomic E-state index is 0.0890. The number of likely N-dealkylation sites (N-methyl/N-ethyl adjacent to an activating group) is 1. The maximum absolute atomic E-state index is 11.9. The molecule has 0 radical (unpaired) electrons. The number of carbonyl (C=O) groups excluding carboxylic acids is 1. The van der Waals surface area contributed by atoms with E-state index in [4.69, 9.17) is 4.98 Å². The van der Waals surface area contributed by atoms with Crippen LogP contribution in [0.3, 0.4) is 0 Å². The van der Waals surface area contributed by atoms with Crippen molar-refractivity contribution in [1.29, 1.82) is 0 Å². The molecule has 1 saturated heterocycles. The Morgan fingerprint density at radius 2 is 1.96 bits per heavy atom. The topological polar surface area (TPSA) is 74.2 Å². The molecule has 1 N–H and O–H groups in total. The van der Waals surface area contributed by atoms with E-state index >= 15 is 0 Å². The fourth-order valence-corrected chi connectivity index (χ4v) is 3.91. The van der Waals surface area contributed by atoms with Gasteiger partial charge in [-0.1, -0.05) is 11.8 Å². The summed E-state index contributed by atoms with van der Waals surface area (Å²) in [5.41, 5.74) is 1.67. The summed E-state index contributed by atoms with van der Waals surface area (Å²) in [5, 5.41) is 3.77. The highest BCUT2D eigenvalue weighted by Crippen LogP contribution is 2.32. The zero-order valence-corrected chi connectivity index (χ0v) is 16.5. The average molecular weight is 385 g/mol. The molecule has 8 heteroatoms. The minimum Gasteiger partial charge on any atom is -0.353 e. The van der Waals surface area contributed by atoms with Gasteiger partial charge in [-0.15, -0.1) is 0 Å². The van der Waals surface area contributed by atoms with Gasteiger partial charge in [-0.3, -0.25) is 9.78 Å². The van der Waals surface area contributed by atoms with Crippen molar-refractivity contribution in [3.63, 3.8) is 0 Å². The summed E-state index contributed by atoms with van der Waals surface area (Å²) in [4.78, 5) is 31.1. The van der Waals surface area contributed by atoms with Crippen LogP contribution in [0.1, 0.15) is 18.5 Å². The summed E-state index contributed by atoms with van der Waals surface area (Å²) < 4.78 is 0. The second-order valence-electron chi connectivity index (χ2n) is 7.18. The number of rotatable bonds is 5. The highest BCUT2D eigenvalue weighted by Gasteiger charge is 2.29. The number of amides is 1. The molecule has 27 heavy (non-hydrogen) atoms. The van der Waals surface area contributed by atoms with Crippen molar-refractivity contribution in [3.8, 4) is 0 Å². The average Bonchev–Trinajstić information content (AvgIpc) is 3.48. The first-order chi connectivity index (χ1) is 13.1. The summed E-state index contributed by atoms with van der Waals surface area (Å²) >= 11 is 1.51. The number of hydrogen-bond acceptors (Lipinski definition) is 7. The maximum Gasteiger partial charge on any atom is 0.227 e. The van der Waals surface area contributed by atoms with E-state index in [1.807, 2.05) is 19.2 Å². The van der Waals surface area contributed by atoms with Crippen LogP contribution in [-0.4, -0.2) is 59.0 Å². The van der Waals surface area contributed by atoms with Crippen LogP contribution in [0, 0.1) is 12.8 Å². The van der Waals surface area contributed by atoms with Crippen molar-refractivity contribution in [2.75, 3.05) is 43.4 Å². The molecule has 7 nitrogen and oxygen atoms in total. The number of aryl methyl sites for hydroxylation is 1. The van der Waals surface area contributed by atoms with E-state index in [-0.39, 0.29) is 11.8 Å². The van der Waals surface area contributed by atoms with Crippen LogP contribution in [0.5, 0.6) is 0 Å². The van der Waals surface area contributed by atoms with Gasteiger partial charge in [-0.25, -0.2) is 9.97 Å². The third-order valence-corrected chi connectivity index (χ3v) is 5.72. The first kappa shape index (κ1) is 18.2. The molecular weight excluding hydrogens is 360 g/mol. The Bertz CT molecular complexity index is 833. The van der Waals surface area contributed by atoms with E-state index in [2.05, 4.69) is 32.1 Å². The predicted octanol–water partition coefficient (Wildman–Crippen LogP) is 2.43. The van der Waals surface area contributed by atoms with Crippen LogP contribution in [0.2, 0.25) is 0 Å². The third-order valence-electron chi connectivity index (χ3n) is 4.85. The van der Waals surface area contributed by atoms with Gasteiger partial charge < -0.3 is 15.1 Å². The highest BCUT2D eigenvalue weighted by atomic mass is 32.2. The smallest absolute Gasteiger partial charge is 0.227 e. The molecule has 0 atom stereocenters. The molecule has 2 aromatic heterocycles. The molecule has 2 aliphatic rings. The van der Waals surface area contributed by atoms with E-state index in [0.29, 0.717) is 0 Å². The van der Waals surface area contributed by atoms with Crippen LogP contribution < -0.4 is 10.2 Å². The summed E-state index contributed by atoms with van der Waals surface area (Å²) in [7, 11) is 2.14. The number of pyridine rings is 1. The third kappa shape index (κ3) is 4.56. The number of nitrogens with zero attached hydrogens (tertiary/aromatic N) is 5. The number of carbonyl (C=O) groups is 1. The second kappa shape index (κ2) is 7.82. The van der Waals surface area contributed by atoms with E-state index in [1.54, 1.807) is 12.4 Å². The summed E-state index contributed by atoms with van der Waals surface area (Å²) in [5.74, 6) is 1.24. The van der Waals surface area contributed by atoms with E-state index in [9.17, 15) is 4.79 Å². The molecule has 0 unspecified atom stereocenters. The summed E-state index contributed by atoms with van der Waals surface area (Å²) in [6.45, 7) is 6.05. The van der Waals surface area contributed by atoms with Gasteiger partial charge in [0, 0.05) is 43.2 Å². The van der Waals surface area contributed by atoms with Crippen molar-refractivity contribution in [2.24, 2.45) is 5.92 Å². The van der Waals surface area contributed by atoms with Crippen molar-refractivity contribution in [3.05, 3.63) is 30.4 Å². The Balaban J connectivity index is 1.43. The van der Waals surface area contributed by atoms with Crippen LogP contribution in [-0.2, 0) is 4.79 Å². The van der Waals surface area contributed by atoms with Gasteiger partial charge in [0.05, 0.1) is 23.8 Å². The van der Waals surface area contributed by atoms with Crippen LogP contribution in [0.25, 0.3) is 0 Å². The molecular formula is C19H24N6OS. The van der Waals surface area contributed by atoms with E-state index in [1.165, 1.54) is 11.8 Å². The maximum atomic E-state index is 11.9. The fourth-order valence-electron chi connectivity index (χ4n) is 3.09. The lowest BCUT2D eigenvalue weighted by atomic mass is 10.3. The quantitative estimate of drug-likeness (QED) is 0.849. The summed E-state index contributed by atoms with van der Waals surface area (Å²) in [6, 6.07) is 1.93. The van der Waals surface area contributed by atoms with Gasteiger partial charge in [-0.2, -0.15) is 0 Å². The van der Waals surface area contributed by atoms with E-state index < -0.39 is 0 Å². The normalized spacial score (nSPS) is 17.8. The Kier molecular flexibility index (Phi) is 5.27. The number of aromatic nitrogens is 3. The van der Waals surface area contributed by atoms with Crippen LogP contribution >= 0.6 is 11.8 Å². The van der Waals surface area contributed by atoms with Gasteiger partial charge in [0.15, 0.2) is 0 Å². The number of nitrogens with one attached hydrogen (secondary N) is 1. The Morgan fingerprint density at radius 3 is 2.67 bits per heavy atom. The standard InChI is InChI=1S/C19H24N6OS/c1-13-18(25-7-5-24(2)6-8-25)21-12-17(22-13)27-16-9-15(10-20-11-16)23-19(26)14-3-4-14/h9-12,14H,3-8H2,1-2H3,(H,23,26). The Hall–Kier alpha value is -2.19. The molecule has 2 aromatic rings. The molecule has 3 heterocycles. The second-order valence-corrected chi connectivity index (χ2v) is 8.28. The van der Waals surface area contributed by atoms with Crippen LogP contribution in [0.4, 0.5) is 11.5 Å². The van der Waals surface area contributed by atoms with Gasteiger partial charge in [0.2, 0.25) is 5.91 Å². The summed E-state index contributed by atoms with van der Waals surface area (Å²) in [6.07, 6.45) is 7.26. The lowest BCUT2D eigenvalue weighted by molar-refractivity contribution is -0.117.